The van der Waals surface area contributed by atoms with E-state index in [1.54, 1.807) is 19.1 Å². The van der Waals surface area contributed by atoms with Gasteiger partial charge < -0.3 is 10.1 Å². The van der Waals surface area contributed by atoms with E-state index in [0.717, 1.165) is 23.6 Å². The van der Waals surface area contributed by atoms with Gasteiger partial charge in [0.1, 0.15) is 17.0 Å². The third kappa shape index (κ3) is 5.86. The lowest BCUT2D eigenvalue weighted by Gasteiger charge is -2.28. The number of nitrogens with one attached hydrogen (secondary N) is 1. The van der Waals surface area contributed by atoms with Crippen molar-refractivity contribution in [1.82, 2.24) is 15.1 Å². The summed E-state index contributed by atoms with van der Waals surface area (Å²) in [5.74, 6) is 1.70. The molecule has 0 saturated carbocycles. The Bertz CT molecular complexity index is 1180. The van der Waals surface area contributed by atoms with E-state index >= 15 is 0 Å². The highest BCUT2D eigenvalue weighted by molar-refractivity contribution is 7.98. The van der Waals surface area contributed by atoms with Gasteiger partial charge in [0.15, 0.2) is 5.82 Å². The summed E-state index contributed by atoms with van der Waals surface area (Å²) >= 11 is 20.6. The van der Waals surface area contributed by atoms with Gasteiger partial charge in [-0.05, 0) is 50.6 Å². The van der Waals surface area contributed by atoms with Crippen molar-refractivity contribution >= 4 is 63.9 Å². The second-order valence-corrected chi connectivity index (χ2v) is 10.4. The van der Waals surface area contributed by atoms with Crippen LogP contribution < -0.4 is 10.3 Å². The molecular weight excluding hydrogens is 541 g/mol. The van der Waals surface area contributed by atoms with Crippen LogP contribution in [0.1, 0.15) is 35.7 Å². The van der Waals surface area contributed by atoms with E-state index in [1.165, 1.54) is 22.3 Å². The van der Waals surface area contributed by atoms with Gasteiger partial charge in [-0.1, -0.05) is 70.3 Å². The summed E-state index contributed by atoms with van der Waals surface area (Å²) in [5, 5.41) is 17.7. The van der Waals surface area contributed by atoms with Crippen LogP contribution in [0, 0.1) is 6.92 Å². The van der Waals surface area contributed by atoms with Crippen molar-refractivity contribution in [2.24, 2.45) is 0 Å². The monoisotopic (exact) mass is 567 g/mol. The number of fused-ring (bicyclic) bond motifs is 1. The van der Waals surface area contributed by atoms with Crippen molar-refractivity contribution in [3.8, 4) is 0 Å². The Balaban J connectivity index is 1.61. The van der Waals surface area contributed by atoms with Crippen LogP contribution in [0.3, 0.4) is 0 Å². The standard InChI is InChI=1S/C25H28Cl3N5O2S/c1-4-35-18(12-16-8-6-5-7-9-16)10-11-29-23-21-24(31-15(2)30-23)32(33(34)25(21)36-3)22-19(27)13-17(26)14-20(22)28/h5-9,13-14,18,25,34H,4,10-12H2,1-3H3,(H,29,30,31). The molecule has 11 heteroatoms. The van der Waals surface area contributed by atoms with E-state index in [9.17, 15) is 5.21 Å². The van der Waals surface area contributed by atoms with E-state index in [4.69, 9.17) is 39.5 Å². The summed E-state index contributed by atoms with van der Waals surface area (Å²) in [6.45, 7) is 5.09. The molecule has 2 N–H and O–H groups in total. The van der Waals surface area contributed by atoms with Crippen LogP contribution in [-0.4, -0.2) is 45.9 Å². The summed E-state index contributed by atoms with van der Waals surface area (Å²) in [7, 11) is 0. The van der Waals surface area contributed by atoms with Crippen LogP contribution in [0.5, 0.6) is 0 Å². The zero-order valence-electron chi connectivity index (χ0n) is 20.2. The molecule has 7 nitrogen and oxygen atoms in total. The number of thioether (sulfide) groups is 1. The molecular formula is C25H28Cl3N5O2S. The van der Waals surface area contributed by atoms with Crippen molar-refractivity contribution in [3.05, 3.63) is 74.5 Å². The number of hydroxylamine groups is 1. The fraction of sp³-hybridized carbons (Fsp3) is 0.360. The third-order valence-corrected chi connectivity index (χ3v) is 7.45. The topological polar surface area (TPSA) is 73.8 Å². The Labute approximate surface area is 230 Å². The Kier molecular flexibility index (Phi) is 9.22. The quantitative estimate of drug-likeness (QED) is 0.264. The third-order valence-electron chi connectivity index (χ3n) is 5.78. The van der Waals surface area contributed by atoms with E-state index in [0.29, 0.717) is 51.4 Å². The predicted molar refractivity (Wildman–Crippen MR) is 149 cm³/mol. The van der Waals surface area contributed by atoms with Gasteiger partial charge in [0, 0.05) is 18.2 Å². The Hall–Kier alpha value is -1.78. The fourth-order valence-electron chi connectivity index (χ4n) is 4.27. The maximum Gasteiger partial charge on any atom is 0.161 e. The van der Waals surface area contributed by atoms with Gasteiger partial charge in [-0.15, -0.1) is 11.8 Å². The van der Waals surface area contributed by atoms with Crippen LogP contribution in [0.15, 0.2) is 42.5 Å². The Morgan fingerprint density at radius 2 is 1.83 bits per heavy atom. The largest absolute Gasteiger partial charge is 0.378 e. The normalized spacial score (nSPS) is 16.3. The molecule has 0 saturated heterocycles. The first-order valence-corrected chi connectivity index (χ1v) is 14.0. The molecule has 0 fully saturated rings. The van der Waals surface area contributed by atoms with Gasteiger partial charge in [0.25, 0.3) is 0 Å². The molecule has 1 aromatic heterocycles. The number of hydrogen-bond acceptors (Lipinski definition) is 8. The summed E-state index contributed by atoms with van der Waals surface area (Å²) in [5.41, 5.74) is 2.38. The minimum Gasteiger partial charge on any atom is -0.378 e. The molecule has 2 unspecified atom stereocenters. The number of anilines is 3. The lowest BCUT2D eigenvalue weighted by Crippen LogP contribution is -2.33. The summed E-state index contributed by atoms with van der Waals surface area (Å²) in [6.07, 6.45) is 3.58. The van der Waals surface area contributed by atoms with E-state index in [-0.39, 0.29) is 6.10 Å². The Morgan fingerprint density at radius 3 is 2.47 bits per heavy atom. The van der Waals surface area contributed by atoms with Crippen molar-refractivity contribution in [1.29, 1.82) is 0 Å². The van der Waals surface area contributed by atoms with E-state index in [1.807, 2.05) is 31.4 Å². The maximum atomic E-state index is 11.2. The molecule has 4 rings (SSSR count). The summed E-state index contributed by atoms with van der Waals surface area (Å²) in [4.78, 5) is 9.30. The fourth-order valence-corrected chi connectivity index (χ4v) is 5.99. The number of aromatic nitrogens is 2. The number of rotatable bonds is 10. The number of halogens is 3. The number of hydrogen-bond donors (Lipinski definition) is 2. The number of aryl methyl sites for hydroxylation is 1. The van der Waals surface area contributed by atoms with Gasteiger partial charge in [-0.25, -0.2) is 15.0 Å². The van der Waals surface area contributed by atoms with Crippen molar-refractivity contribution in [3.63, 3.8) is 0 Å². The number of nitrogens with zero attached hydrogens (tertiary/aromatic N) is 4. The molecule has 0 bridgehead atoms. The zero-order valence-corrected chi connectivity index (χ0v) is 23.3. The number of hydrazine groups is 1. The molecule has 3 aromatic rings. The van der Waals surface area contributed by atoms with Crippen molar-refractivity contribution in [2.45, 2.75) is 38.2 Å². The summed E-state index contributed by atoms with van der Waals surface area (Å²) < 4.78 is 6.00. The predicted octanol–water partition coefficient (Wildman–Crippen LogP) is 7.31. The lowest BCUT2D eigenvalue weighted by atomic mass is 10.1. The van der Waals surface area contributed by atoms with E-state index in [2.05, 4.69) is 27.4 Å². The second kappa shape index (κ2) is 12.2. The molecule has 2 heterocycles. The second-order valence-electron chi connectivity index (χ2n) is 8.28. The van der Waals surface area contributed by atoms with Crippen molar-refractivity contribution in [2.75, 3.05) is 29.7 Å². The molecule has 36 heavy (non-hydrogen) atoms. The first-order chi connectivity index (χ1) is 17.3. The minimum atomic E-state index is -0.474. The average molecular weight is 569 g/mol. The van der Waals surface area contributed by atoms with Gasteiger partial charge >= 0.3 is 0 Å². The van der Waals surface area contributed by atoms with E-state index < -0.39 is 5.37 Å². The van der Waals surface area contributed by atoms with Gasteiger partial charge in [-0.2, -0.15) is 0 Å². The number of ether oxygens (including phenoxy) is 1. The average Bonchev–Trinajstić information content (AvgIpc) is 3.10. The SMILES string of the molecule is CCOC(CCNc1nc(C)nc2c1C(SC)N(O)N2c1c(Cl)cc(Cl)cc1Cl)Cc1ccccc1. The first-order valence-electron chi connectivity index (χ1n) is 11.6. The highest BCUT2D eigenvalue weighted by Gasteiger charge is 2.42. The summed E-state index contributed by atoms with van der Waals surface area (Å²) in [6, 6.07) is 13.5. The van der Waals surface area contributed by atoms with Gasteiger partial charge in [-0.3, -0.25) is 5.21 Å². The van der Waals surface area contributed by atoms with Crippen LogP contribution >= 0.6 is 46.6 Å². The Morgan fingerprint density at radius 1 is 1.14 bits per heavy atom. The minimum absolute atomic E-state index is 0.0646. The molecule has 2 aromatic carbocycles. The molecule has 192 valence electrons. The molecule has 0 radical (unpaired) electrons. The number of benzene rings is 2. The molecule has 1 aliphatic rings. The van der Waals surface area contributed by atoms with Crippen molar-refractivity contribution < 1.29 is 9.94 Å². The van der Waals surface area contributed by atoms with Gasteiger partial charge in [0.05, 0.1) is 27.4 Å². The smallest absolute Gasteiger partial charge is 0.161 e. The lowest BCUT2D eigenvalue weighted by molar-refractivity contribution is -0.0940. The van der Waals surface area contributed by atoms with Crippen LogP contribution in [-0.2, 0) is 11.2 Å². The molecule has 0 aliphatic carbocycles. The molecule has 0 amide bonds. The zero-order chi connectivity index (χ0) is 25.8. The highest BCUT2D eigenvalue weighted by atomic mass is 35.5. The van der Waals surface area contributed by atoms with Crippen LogP contribution in [0.4, 0.5) is 17.3 Å². The highest BCUT2D eigenvalue weighted by Crippen LogP contribution is 2.52. The molecule has 2 atom stereocenters. The van der Waals surface area contributed by atoms with Gasteiger partial charge in [0.2, 0.25) is 0 Å². The first kappa shape index (κ1) is 27.3. The van der Waals surface area contributed by atoms with Crippen LogP contribution in [0.2, 0.25) is 15.1 Å². The maximum absolute atomic E-state index is 11.2. The molecule has 1 aliphatic heterocycles. The van der Waals surface area contributed by atoms with Crippen LogP contribution in [0.25, 0.3) is 0 Å². The molecule has 0 spiro atoms.